The van der Waals surface area contributed by atoms with Crippen LogP contribution in [0.5, 0.6) is 5.75 Å². The van der Waals surface area contributed by atoms with Gasteiger partial charge in [0.05, 0.1) is 0 Å². The average molecular weight is 342 g/mol. The highest BCUT2D eigenvalue weighted by molar-refractivity contribution is 9.10. The van der Waals surface area contributed by atoms with Gasteiger partial charge in [0.15, 0.2) is 0 Å². The molecule has 110 valence electrons. The molecule has 0 heterocycles. The third-order valence-electron chi connectivity index (χ3n) is 3.29. The summed E-state index contributed by atoms with van der Waals surface area (Å²) in [4.78, 5) is 2.34. The fourth-order valence-corrected chi connectivity index (χ4v) is 2.44. The third kappa shape index (κ3) is 5.02. The summed E-state index contributed by atoms with van der Waals surface area (Å²) < 4.78 is 6.76. The van der Waals surface area contributed by atoms with Gasteiger partial charge in [0.25, 0.3) is 0 Å². The predicted octanol–water partition coefficient (Wildman–Crippen LogP) is 2.43. The zero-order valence-electron chi connectivity index (χ0n) is 11.3. The van der Waals surface area contributed by atoms with Gasteiger partial charge >= 0.3 is 0 Å². The first-order valence-electron chi connectivity index (χ1n) is 6.78. The van der Waals surface area contributed by atoms with E-state index in [1.54, 1.807) is 0 Å². The molecule has 6 heteroatoms. The van der Waals surface area contributed by atoms with Gasteiger partial charge in [0.2, 0.25) is 0 Å². The SMILES string of the molecule is NC(CCN(CCOc1cccc(Br)c1)C1CC1)=NO. The molecule has 1 aromatic carbocycles. The fraction of sp³-hybridized carbons (Fsp3) is 0.500. The van der Waals surface area contributed by atoms with E-state index >= 15 is 0 Å². The summed E-state index contributed by atoms with van der Waals surface area (Å²) in [6.45, 7) is 2.31. The number of hydrogen-bond acceptors (Lipinski definition) is 4. The highest BCUT2D eigenvalue weighted by atomic mass is 79.9. The van der Waals surface area contributed by atoms with Gasteiger partial charge in [-0.3, -0.25) is 4.90 Å². The number of nitrogens with zero attached hydrogens (tertiary/aromatic N) is 2. The summed E-state index contributed by atoms with van der Waals surface area (Å²) in [5, 5.41) is 11.6. The molecule has 3 N–H and O–H groups in total. The summed E-state index contributed by atoms with van der Waals surface area (Å²) in [6, 6.07) is 8.46. The first kappa shape index (κ1) is 15.1. The van der Waals surface area contributed by atoms with E-state index in [-0.39, 0.29) is 5.84 Å². The summed E-state index contributed by atoms with van der Waals surface area (Å²) >= 11 is 3.42. The number of oxime groups is 1. The fourth-order valence-electron chi connectivity index (χ4n) is 2.06. The van der Waals surface area contributed by atoms with Gasteiger partial charge in [-0.1, -0.05) is 27.2 Å². The Morgan fingerprint density at radius 3 is 2.90 bits per heavy atom. The molecule has 0 aliphatic heterocycles. The highest BCUT2D eigenvalue weighted by Gasteiger charge is 2.28. The number of ether oxygens (including phenoxy) is 1. The zero-order chi connectivity index (χ0) is 14.4. The third-order valence-corrected chi connectivity index (χ3v) is 3.78. The molecule has 0 aromatic heterocycles. The monoisotopic (exact) mass is 341 g/mol. The Morgan fingerprint density at radius 1 is 1.45 bits per heavy atom. The van der Waals surface area contributed by atoms with Crippen molar-refractivity contribution in [2.24, 2.45) is 10.9 Å². The van der Waals surface area contributed by atoms with Crippen molar-refractivity contribution >= 4 is 21.8 Å². The van der Waals surface area contributed by atoms with E-state index in [9.17, 15) is 0 Å². The minimum absolute atomic E-state index is 0.281. The Labute approximate surface area is 127 Å². The second-order valence-corrected chi connectivity index (χ2v) is 5.83. The van der Waals surface area contributed by atoms with Crippen molar-refractivity contribution in [3.05, 3.63) is 28.7 Å². The van der Waals surface area contributed by atoms with Crippen molar-refractivity contribution in [1.82, 2.24) is 4.90 Å². The van der Waals surface area contributed by atoms with Crippen molar-refractivity contribution < 1.29 is 9.94 Å². The molecular weight excluding hydrogens is 322 g/mol. The molecule has 2 rings (SSSR count). The van der Waals surface area contributed by atoms with Crippen molar-refractivity contribution in [3.8, 4) is 5.75 Å². The molecule has 0 spiro atoms. The summed E-state index contributed by atoms with van der Waals surface area (Å²) in [5.41, 5.74) is 5.52. The van der Waals surface area contributed by atoms with Gasteiger partial charge < -0.3 is 15.7 Å². The second-order valence-electron chi connectivity index (χ2n) is 4.91. The molecule has 1 aliphatic carbocycles. The summed E-state index contributed by atoms with van der Waals surface area (Å²) in [5.74, 6) is 1.15. The average Bonchev–Trinajstić information content (AvgIpc) is 3.26. The second kappa shape index (κ2) is 7.50. The van der Waals surface area contributed by atoms with Gasteiger partial charge in [-0.15, -0.1) is 0 Å². The Hall–Kier alpha value is -1.27. The lowest BCUT2D eigenvalue weighted by Gasteiger charge is -2.21. The standard InChI is InChI=1S/C14H20BrN3O2/c15-11-2-1-3-13(10-11)20-9-8-18(12-4-5-12)7-6-14(16)17-19/h1-3,10,12,19H,4-9H2,(H2,16,17). The molecule has 5 nitrogen and oxygen atoms in total. The van der Waals surface area contributed by atoms with E-state index in [2.05, 4.69) is 26.0 Å². The molecule has 1 saturated carbocycles. The molecule has 0 bridgehead atoms. The Morgan fingerprint density at radius 2 is 2.25 bits per heavy atom. The first-order chi connectivity index (χ1) is 9.69. The van der Waals surface area contributed by atoms with Crippen LogP contribution in [0.15, 0.2) is 33.9 Å². The first-order valence-corrected chi connectivity index (χ1v) is 7.57. The molecule has 0 atom stereocenters. The van der Waals surface area contributed by atoms with Gasteiger partial charge in [0.1, 0.15) is 18.2 Å². The molecule has 1 fully saturated rings. The van der Waals surface area contributed by atoms with Crippen LogP contribution < -0.4 is 10.5 Å². The minimum Gasteiger partial charge on any atom is -0.492 e. The molecule has 1 aromatic rings. The molecule has 0 unspecified atom stereocenters. The Balaban J connectivity index is 1.75. The Bertz CT molecular complexity index is 463. The number of nitrogens with two attached hydrogens (primary N) is 1. The van der Waals surface area contributed by atoms with Crippen LogP contribution in [0.2, 0.25) is 0 Å². The van der Waals surface area contributed by atoms with E-state index < -0.39 is 0 Å². The normalized spacial score (nSPS) is 15.6. The van der Waals surface area contributed by atoms with Gasteiger partial charge in [-0.25, -0.2) is 0 Å². The number of halogens is 1. The van der Waals surface area contributed by atoms with E-state index in [1.165, 1.54) is 12.8 Å². The van der Waals surface area contributed by atoms with Crippen molar-refractivity contribution in [1.29, 1.82) is 0 Å². The largest absolute Gasteiger partial charge is 0.492 e. The van der Waals surface area contributed by atoms with Crippen LogP contribution in [0.4, 0.5) is 0 Å². The Kier molecular flexibility index (Phi) is 5.67. The number of hydrogen-bond donors (Lipinski definition) is 2. The van der Waals surface area contributed by atoms with Crippen LogP contribution in [-0.2, 0) is 0 Å². The lowest BCUT2D eigenvalue weighted by Crippen LogP contribution is -2.33. The quantitative estimate of drug-likeness (QED) is 0.329. The summed E-state index contributed by atoms with van der Waals surface area (Å²) in [7, 11) is 0. The van der Waals surface area contributed by atoms with E-state index in [1.807, 2.05) is 24.3 Å². The van der Waals surface area contributed by atoms with E-state index in [0.717, 1.165) is 23.3 Å². The molecule has 0 saturated heterocycles. The maximum atomic E-state index is 8.57. The topological polar surface area (TPSA) is 71.1 Å². The summed E-state index contributed by atoms with van der Waals surface area (Å²) in [6.07, 6.45) is 3.05. The molecule has 0 radical (unpaired) electrons. The smallest absolute Gasteiger partial charge is 0.140 e. The maximum absolute atomic E-state index is 8.57. The van der Waals surface area contributed by atoms with Gasteiger partial charge in [-0.05, 0) is 31.0 Å². The van der Waals surface area contributed by atoms with E-state index in [0.29, 0.717) is 19.1 Å². The number of amidine groups is 1. The predicted molar refractivity (Wildman–Crippen MR) is 82.3 cm³/mol. The van der Waals surface area contributed by atoms with Gasteiger partial charge in [0, 0.05) is 30.0 Å². The molecule has 1 aliphatic rings. The van der Waals surface area contributed by atoms with Crippen molar-refractivity contribution in [2.45, 2.75) is 25.3 Å². The molecule has 20 heavy (non-hydrogen) atoms. The van der Waals surface area contributed by atoms with Crippen LogP contribution in [0.1, 0.15) is 19.3 Å². The maximum Gasteiger partial charge on any atom is 0.140 e. The van der Waals surface area contributed by atoms with Crippen molar-refractivity contribution in [3.63, 3.8) is 0 Å². The zero-order valence-corrected chi connectivity index (χ0v) is 12.9. The minimum atomic E-state index is 0.281. The molecule has 0 amide bonds. The van der Waals surface area contributed by atoms with Gasteiger partial charge in [-0.2, -0.15) is 0 Å². The van der Waals surface area contributed by atoms with Crippen LogP contribution in [0, 0.1) is 0 Å². The van der Waals surface area contributed by atoms with Crippen molar-refractivity contribution in [2.75, 3.05) is 19.7 Å². The van der Waals surface area contributed by atoms with Crippen LogP contribution in [0.3, 0.4) is 0 Å². The lowest BCUT2D eigenvalue weighted by molar-refractivity contribution is 0.204. The van der Waals surface area contributed by atoms with E-state index in [4.69, 9.17) is 15.7 Å². The van der Waals surface area contributed by atoms with Crippen LogP contribution in [0.25, 0.3) is 0 Å². The van der Waals surface area contributed by atoms with Crippen LogP contribution in [-0.4, -0.2) is 41.7 Å². The lowest BCUT2D eigenvalue weighted by atomic mass is 10.3. The molecular formula is C14H20BrN3O2. The number of rotatable bonds is 8. The highest BCUT2D eigenvalue weighted by Crippen LogP contribution is 2.26. The number of benzene rings is 1. The van der Waals surface area contributed by atoms with Crippen LogP contribution >= 0.6 is 15.9 Å².